The molecule has 1 aromatic rings. The maximum atomic E-state index is 12.7. The second-order valence-electron chi connectivity index (χ2n) is 4.76. The predicted octanol–water partition coefficient (Wildman–Crippen LogP) is 2.12. The Hall–Kier alpha value is -0.690. The minimum absolute atomic E-state index is 0.162. The minimum atomic E-state index is -3.38. The van der Waals surface area contributed by atoms with Gasteiger partial charge in [0.15, 0.2) is 0 Å². The van der Waals surface area contributed by atoms with Crippen LogP contribution in [-0.4, -0.2) is 32.4 Å². The maximum absolute atomic E-state index is 12.7. The van der Waals surface area contributed by atoms with Crippen LogP contribution in [0.25, 0.3) is 0 Å². The smallest absolute Gasteiger partial charge is 0.244 e. The van der Waals surface area contributed by atoms with E-state index in [1.165, 1.54) is 11.3 Å². The largest absolute Gasteiger partial charge is 0.315 e. The molecule has 0 unspecified atom stereocenters. The molecule has 1 aliphatic rings. The van der Waals surface area contributed by atoms with E-state index in [4.69, 9.17) is 0 Å². The molecule has 1 saturated carbocycles. The van der Waals surface area contributed by atoms with Gasteiger partial charge in [-0.1, -0.05) is 6.08 Å². The molecular weight excluding hydrogens is 280 g/mol. The highest BCUT2D eigenvalue weighted by Crippen LogP contribution is 2.35. The Balaban J connectivity index is 2.34. The lowest BCUT2D eigenvalue weighted by molar-refractivity contribution is 0.436. The fraction of sp³-hybridized carbons (Fsp3) is 0.538. The quantitative estimate of drug-likeness (QED) is 0.785. The van der Waals surface area contributed by atoms with Gasteiger partial charge in [0.05, 0.1) is 4.90 Å². The van der Waals surface area contributed by atoms with Crippen molar-refractivity contribution < 1.29 is 8.42 Å². The van der Waals surface area contributed by atoms with Gasteiger partial charge in [-0.25, -0.2) is 8.42 Å². The van der Waals surface area contributed by atoms with E-state index in [-0.39, 0.29) is 6.04 Å². The van der Waals surface area contributed by atoms with Crippen LogP contribution >= 0.6 is 11.3 Å². The van der Waals surface area contributed by atoms with Gasteiger partial charge < -0.3 is 5.32 Å². The van der Waals surface area contributed by atoms with Crippen molar-refractivity contribution >= 4 is 21.4 Å². The molecule has 1 fully saturated rings. The van der Waals surface area contributed by atoms with Crippen LogP contribution in [0.3, 0.4) is 0 Å². The molecule has 2 rings (SSSR count). The Kier molecular flexibility index (Phi) is 4.45. The summed E-state index contributed by atoms with van der Waals surface area (Å²) in [6.45, 7) is 6.62. The number of hydrogen-bond donors (Lipinski definition) is 1. The van der Waals surface area contributed by atoms with Crippen molar-refractivity contribution in [3.63, 3.8) is 0 Å². The molecule has 0 amide bonds. The summed E-state index contributed by atoms with van der Waals surface area (Å²) in [5.74, 6) is 0. The van der Waals surface area contributed by atoms with Crippen molar-refractivity contribution in [2.45, 2.75) is 37.2 Å². The molecule has 1 heterocycles. The van der Waals surface area contributed by atoms with E-state index in [1.807, 2.05) is 14.0 Å². The van der Waals surface area contributed by atoms with Crippen molar-refractivity contribution in [2.24, 2.45) is 0 Å². The maximum Gasteiger partial charge on any atom is 0.244 e. The average molecular weight is 300 g/mol. The van der Waals surface area contributed by atoms with E-state index in [0.717, 1.165) is 22.6 Å². The molecule has 0 atom stereocenters. The third kappa shape index (κ3) is 3.08. The molecule has 6 heteroatoms. The molecule has 0 saturated heterocycles. The first-order chi connectivity index (χ1) is 9.00. The highest BCUT2D eigenvalue weighted by Gasteiger charge is 2.38. The first kappa shape index (κ1) is 14.7. The summed E-state index contributed by atoms with van der Waals surface area (Å²) in [5, 5.41) is 3.05. The van der Waals surface area contributed by atoms with E-state index >= 15 is 0 Å². The number of rotatable bonds is 7. The van der Waals surface area contributed by atoms with Crippen LogP contribution in [0.15, 0.2) is 23.6 Å². The van der Waals surface area contributed by atoms with Crippen LogP contribution in [-0.2, 0) is 16.6 Å². The summed E-state index contributed by atoms with van der Waals surface area (Å²) in [7, 11) is -1.52. The van der Waals surface area contributed by atoms with Gasteiger partial charge in [-0.05, 0) is 32.9 Å². The van der Waals surface area contributed by atoms with Crippen molar-refractivity contribution in [3.05, 3.63) is 28.5 Å². The molecule has 19 heavy (non-hydrogen) atoms. The minimum Gasteiger partial charge on any atom is -0.315 e. The zero-order valence-electron chi connectivity index (χ0n) is 11.3. The van der Waals surface area contributed by atoms with Crippen LogP contribution in [0.2, 0.25) is 0 Å². The Labute approximate surface area is 119 Å². The third-order valence-electron chi connectivity index (χ3n) is 3.12. The molecule has 0 bridgehead atoms. The van der Waals surface area contributed by atoms with E-state index in [2.05, 4.69) is 11.9 Å². The van der Waals surface area contributed by atoms with Crippen molar-refractivity contribution in [3.8, 4) is 0 Å². The van der Waals surface area contributed by atoms with E-state index < -0.39 is 10.0 Å². The van der Waals surface area contributed by atoms with Gasteiger partial charge in [0.2, 0.25) is 10.0 Å². The highest BCUT2D eigenvalue weighted by atomic mass is 32.2. The molecule has 0 radical (unpaired) electrons. The van der Waals surface area contributed by atoms with Gasteiger partial charge in [0, 0.05) is 28.9 Å². The topological polar surface area (TPSA) is 49.4 Å². The molecule has 1 N–H and O–H groups in total. The van der Waals surface area contributed by atoms with Crippen LogP contribution < -0.4 is 5.32 Å². The SMILES string of the molecule is C=CCN(C1CC1)S(=O)(=O)c1cc(CNC)sc1C. The molecule has 4 nitrogen and oxygen atoms in total. The Bertz CT molecular complexity index is 559. The van der Waals surface area contributed by atoms with Crippen LogP contribution in [0.1, 0.15) is 22.6 Å². The van der Waals surface area contributed by atoms with Crippen LogP contribution in [0.4, 0.5) is 0 Å². The molecule has 0 aliphatic heterocycles. The van der Waals surface area contributed by atoms with E-state index in [9.17, 15) is 8.42 Å². The van der Waals surface area contributed by atoms with E-state index in [0.29, 0.717) is 18.0 Å². The predicted molar refractivity (Wildman–Crippen MR) is 78.9 cm³/mol. The average Bonchev–Trinajstić information content (AvgIpc) is 3.10. The zero-order valence-corrected chi connectivity index (χ0v) is 13.0. The fourth-order valence-electron chi connectivity index (χ4n) is 2.10. The lowest BCUT2D eigenvalue weighted by atomic mass is 10.4. The normalized spacial score (nSPS) is 15.9. The Morgan fingerprint density at radius 1 is 1.58 bits per heavy atom. The second-order valence-corrected chi connectivity index (χ2v) is 7.96. The Morgan fingerprint density at radius 2 is 2.26 bits per heavy atom. The van der Waals surface area contributed by atoms with Gasteiger partial charge in [-0.15, -0.1) is 17.9 Å². The third-order valence-corrected chi connectivity index (χ3v) is 6.35. The van der Waals surface area contributed by atoms with Crippen molar-refractivity contribution in [2.75, 3.05) is 13.6 Å². The molecule has 0 aromatic carbocycles. The summed E-state index contributed by atoms with van der Waals surface area (Å²) < 4.78 is 27.0. The second kappa shape index (κ2) is 5.75. The molecule has 1 aliphatic carbocycles. The number of thiophene rings is 1. The highest BCUT2D eigenvalue weighted by molar-refractivity contribution is 7.89. The van der Waals surface area contributed by atoms with Crippen LogP contribution in [0.5, 0.6) is 0 Å². The summed E-state index contributed by atoms with van der Waals surface area (Å²) in [6, 6.07) is 1.96. The van der Waals surface area contributed by atoms with Gasteiger partial charge in [0.1, 0.15) is 0 Å². The standard InChI is InChI=1S/C13H20N2O2S2/c1-4-7-15(11-5-6-11)19(16,17)13-8-12(9-14-3)18-10(13)2/h4,8,11,14H,1,5-7,9H2,2-3H3. The summed E-state index contributed by atoms with van der Waals surface area (Å²) in [5.41, 5.74) is 0. The van der Waals surface area contributed by atoms with Gasteiger partial charge >= 0.3 is 0 Å². The zero-order chi connectivity index (χ0) is 14.0. The summed E-state index contributed by atoms with van der Waals surface area (Å²) in [6.07, 6.45) is 3.57. The number of nitrogens with one attached hydrogen (secondary N) is 1. The van der Waals surface area contributed by atoms with Gasteiger partial charge in [0.25, 0.3) is 0 Å². The van der Waals surface area contributed by atoms with Gasteiger partial charge in [-0.3, -0.25) is 0 Å². The molecule has 106 valence electrons. The monoisotopic (exact) mass is 300 g/mol. The fourth-order valence-corrected chi connectivity index (χ4v) is 5.37. The number of hydrogen-bond acceptors (Lipinski definition) is 4. The number of nitrogens with zero attached hydrogens (tertiary/aromatic N) is 1. The number of aryl methyl sites for hydroxylation is 1. The summed E-state index contributed by atoms with van der Waals surface area (Å²) in [4.78, 5) is 2.37. The first-order valence-electron chi connectivity index (χ1n) is 6.37. The van der Waals surface area contributed by atoms with Crippen molar-refractivity contribution in [1.29, 1.82) is 0 Å². The molecule has 0 spiro atoms. The molecular formula is C13H20N2O2S2. The van der Waals surface area contributed by atoms with Crippen molar-refractivity contribution in [1.82, 2.24) is 9.62 Å². The number of sulfonamides is 1. The lowest BCUT2D eigenvalue weighted by Crippen LogP contribution is -2.33. The van der Waals surface area contributed by atoms with Gasteiger partial charge in [-0.2, -0.15) is 4.31 Å². The lowest BCUT2D eigenvalue weighted by Gasteiger charge is -2.19. The summed E-state index contributed by atoms with van der Waals surface area (Å²) >= 11 is 1.54. The first-order valence-corrected chi connectivity index (χ1v) is 8.63. The molecule has 1 aromatic heterocycles. The van der Waals surface area contributed by atoms with E-state index in [1.54, 1.807) is 16.4 Å². The Morgan fingerprint density at radius 3 is 2.79 bits per heavy atom. The van der Waals surface area contributed by atoms with Crippen LogP contribution in [0, 0.1) is 6.92 Å².